The van der Waals surface area contributed by atoms with Gasteiger partial charge in [-0.2, -0.15) is 0 Å². The van der Waals surface area contributed by atoms with Crippen LogP contribution in [-0.4, -0.2) is 49.0 Å². The van der Waals surface area contributed by atoms with Gasteiger partial charge in [0.2, 0.25) is 0 Å². The number of hydrogen-bond donors (Lipinski definition) is 0. The first-order valence-corrected chi connectivity index (χ1v) is 6.02. The third kappa shape index (κ3) is 3.91. The summed E-state index contributed by atoms with van der Waals surface area (Å²) < 4.78 is 9.98. The molecule has 1 aromatic rings. The van der Waals surface area contributed by atoms with Crippen LogP contribution in [0, 0.1) is 10.1 Å². The van der Waals surface area contributed by atoms with Crippen molar-refractivity contribution in [2.75, 3.05) is 21.2 Å². The van der Waals surface area contributed by atoms with Crippen molar-refractivity contribution < 1.29 is 24.0 Å². The van der Waals surface area contributed by atoms with Crippen molar-refractivity contribution in [2.24, 2.45) is 0 Å². The summed E-state index contributed by atoms with van der Waals surface area (Å²) in [5, 5.41) is 10.7. The summed E-state index contributed by atoms with van der Waals surface area (Å²) in [4.78, 5) is 35.1. The number of amides is 1. The second-order valence-electron chi connectivity index (χ2n) is 4.42. The van der Waals surface area contributed by atoms with E-state index in [1.807, 2.05) is 0 Å². The zero-order valence-electron chi connectivity index (χ0n) is 12.2. The first-order valence-electron chi connectivity index (χ1n) is 6.02. The number of nitro groups is 1. The lowest BCUT2D eigenvalue weighted by Crippen LogP contribution is -2.35. The van der Waals surface area contributed by atoms with Gasteiger partial charge in [0.25, 0.3) is 11.6 Å². The molecule has 0 aromatic heterocycles. The zero-order valence-corrected chi connectivity index (χ0v) is 12.2. The Morgan fingerprint density at radius 1 is 1.33 bits per heavy atom. The van der Waals surface area contributed by atoms with Crippen LogP contribution in [0.2, 0.25) is 0 Å². The Balaban J connectivity index is 3.03. The molecule has 114 valence electrons. The number of non-ortho nitro benzene ring substituents is 1. The predicted octanol–water partition coefficient (Wildman–Crippen LogP) is 1.24. The van der Waals surface area contributed by atoms with Crippen molar-refractivity contribution in [1.29, 1.82) is 0 Å². The molecule has 0 aliphatic rings. The Morgan fingerprint density at radius 3 is 2.43 bits per heavy atom. The van der Waals surface area contributed by atoms with Crippen molar-refractivity contribution in [3.8, 4) is 5.75 Å². The molecule has 1 rings (SSSR count). The Morgan fingerprint density at radius 2 is 1.95 bits per heavy atom. The van der Waals surface area contributed by atoms with E-state index in [-0.39, 0.29) is 17.0 Å². The summed E-state index contributed by atoms with van der Waals surface area (Å²) in [7, 11) is 4.38. The van der Waals surface area contributed by atoms with E-state index >= 15 is 0 Å². The maximum absolute atomic E-state index is 12.0. The SMILES string of the molecule is COc1ccc([N+](=O)[O-])cc1C(=O)O[C@H](C)C(=O)N(C)C. The number of carbonyl (C=O) groups excluding carboxylic acids is 2. The van der Waals surface area contributed by atoms with Crippen LogP contribution in [0.5, 0.6) is 5.75 Å². The van der Waals surface area contributed by atoms with Crippen LogP contribution < -0.4 is 4.74 Å². The molecular formula is C13H16N2O6. The zero-order chi connectivity index (χ0) is 16.2. The maximum atomic E-state index is 12.0. The highest BCUT2D eigenvalue weighted by Gasteiger charge is 2.24. The first kappa shape index (κ1) is 16.4. The number of ether oxygens (including phenoxy) is 2. The number of likely N-dealkylation sites (N-methyl/N-ethyl adjacent to an activating group) is 1. The number of hydrogen-bond acceptors (Lipinski definition) is 6. The quantitative estimate of drug-likeness (QED) is 0.460. The third-order valence-corrected chi connectivity index (χ3v) is 2.69. The topological polar surface area (TPSA) is 99.0 Å². The monoisotopic (exact) mass is 296 g/mol. The van der Waals surface area contributed by atoms with E-state index in [9.17, 15) is 19.7 Å². The summed E-state index contributed by atoms with van der Waals surface area (Å²) in [6.45, 7) is 1.42. The fourth-order valence-corrected chi connectivity index (χ4v) is 1.61. The van der Waals surface area contributed by atoms with E-state index < -0.39 is 22.9 Å². The fourth-order valence-electron chi connectivity index (χ4n) is 1.61. The lowest BCUT2D eigenvalue weighted by Gasteiger charge is -2.17. The normalized spacial score (nSPS) is 11.4. The molecule has 0 N–H and O–H groups in total. The summed E-state index contributed by atoms with van der Waals surface area (Å²) in [6.07, 6.45) is -1.00. The summed E-state index contributed by atoms with van der Waals surface area (Å²) in [5.74, 6) is -1.12. The average molecular weight is 296 g/mol. The molecule has 0 fully saturated rings. The van der Waals surface area contributed by atoms with Crippen LogP contribution >= 0.6 is 0 Å². The lowest BCUT2D eigenvalue weighted by atomic mass is 10.1. The van der Waals surface area contributed by atoms with Crippen molar-refractivity contribution in [2.45, 2.75) is 13.0 Å². The van der Waals surface area contributed by atoms with Gasteiger partial charge < -0.3 is 14.4 Å². The number of methoxy groups -OCH3 is 1. The molecule has 0 saturated heterocycles. The Kier molecular flexibility index (Phi) is 5.23. The number of nitrogens with zero attached hydrogens (tertiary/aromatic N) is 2. The lowest BCUT2D eigenvalue weighted by molar-refractivity contribution is -0.384. The first-order chi connectivity index (χ1) is 9.77. The van der Waals surface area contributed by atoms with E-state index in [0.717, 1.165) is 6.07 Å². The number of esters is 1. The number of nitro benzene ring substituents is 1. The van der Waals surface area contributed by atoms with Crippen molar-refractivity contribution in [3.05, 3.63) is 33.9 Å². The smallest absolute Gasteiger partial charge is 0.342 e. The summed E-state index contributed by atoms with van der Waals surface area (Å²) >= 11 is 0. The number of carbonyl (C=O) groups is 2. The second-order valence-corrected chi connectivity index (χ2v) is 4.42. The molecule has 8 nitrogen and oxygen atoms in total. The van der Waals surface area contributed by atoms with Crippen LogP contribution in [0.25, 0.3) is 0 Å². The molecule has 1 aromatic carbocycles. The highest BCUT2D eigenvalue weighted by atomic mass is 16.6. The molecular weight excluding hydrogens is 280 g/mol. The third-order valence-electron chi connectivity index (χ3n) is 2.69. The fraction of sp³-hybridized carbons (Fsp3) is 0.385. The van der Waals surface area contributed by atoms with Crippen LogP contribution in [0.4, 0.5) is 5.69 Å². The van der Waals surface area contributed by atoms with Crippen LogP contribution in [0.3, 0.4) is 0 Å². The van der Waals surface area contributed by atoms with Gasteiger partial charge in [-0.15, -0.1) is 0 Å². The van der Waals surface area contributed by atoms with Crippen molar-refractivity contribution >= 4 is 17.6 Å². The van der Waals surface area contributed by atoms with Gasteiger partial charge in [0.15, 0.2) is 6.10 Å². The molecule has 0 saturated carbocycles. The van der Waals surface area contributed by atoms with Crippen LogP contribution in [0.1, 0.15) is 17.3 Å². The van der Waals surface area contributed by atoms with Crippen molar-refractivity contribution in [3.63, 3.8) is 0 Å². The minimum atomic E-state index is -1.00. The van der Waals surface area contributed by atoms with Gasteiger partial charge in [-0.25, -0.2) is 4.79 Å². The molecule has 8 heteroatoms. The molecule has 0 unspecified atom stereocenters. The Labute approximate surface area is 121 Å². The molecule has 1 atom stereocenters. The van der Waals surface area contributed by atoms with Gasteiger partial charge in [-0.1, -0.05) is 0 Å². The van der Waals surface area contributed by atoms with Gasteiger partial charge in [-0.3, -0.25) is 14.9 Å². The summed E-state index contributed by atoms with van der Waals surface area (Å²) in [5.41, 5.74) is -0.376. The summed E-state index contributed by atoms with van der Waals surface area (Å²) in [6, 6.07) is 3.56. The molecule has 0 heterocycles. The average Bonchev–Trinajstić information content (AvgIpc) is 2.45. The van der Waals surface area contributed by atoms with E-state index in [4.69, 9.17) is 9.47 Å². The van der Waals surface area contributed by atoms with Gasteiger partial charge in [0.1, 0.15) is 11.3 Å². The van der Waals surface area contributed by atoms with E-state index in [1.54, 1.807) is 0 Å². The number of rotatable bonds is 5. The van der Waals surface area contributed by atoms with Gasteiger partial charge in [0.05, 0.1) is 12.0 Å². The Hall–Kier alpha value is -2.64. The highest BCUT2D eigenvalue weighted by Crippen LogP contribution is 2.25. The maximum Gasteiger partial charge on any atom is 0.342 e. The molecule has 1 amide bonds. The van der Waals surface area contributed by atoms with Crippen LogP contribution in [0.15, 0.2) is 18.2 Å². The van der Waals surface area contributed by atoms with Crippen molar-refractivity contribution in [1.82, 2.24) is 4.90 Å². The largest absolute Gasteiger partial charge is 0.496 e. The molecule has 0 radical (unpaired) electrons. The van der Waals surface area contributed by atoms with E-state index in [1.165, 1.54) is 45.2 Å². The van der Waals surface area contributed by atoms with Crippen LogP contribution in [-0.2, 0) is 9.53 Å². The van der Waals surface area contributed by atoms with E-state index in [0.29, 0.717) is 0 Å². The predicted molar refractivity (Wildman–Crippen MR) is 73.2 cm³/mol. The minimum Gasteiger partial charge on any atom is -0.496 e. The van der Waals surface area contributed by atoms with Gasteiger partial charge >= 0.3 is 5.97 Å². The van der Waals surface area contributed by atoms with Gasteiger partial charge in [-0.05, 0) is 13.0 Å². The Bertz CT molecular complexity index is 570. The molecule has 0 bridgehead atoms. The number of benzene rings is 1. The minimum absolute atomic E-state index is 0.106. The molecule has 0 aliphatic carbocycles. The second kappa shape index (κ2) is 6.69. The molecule has 0 aliphatic heterocycles. The van der Waals surface area contributed by atoms with Gasteiger partial charge in [0, 0.05) is 26.2 Å². The molecule has 0 spiro atoms. The highest BCUT2D eigenvalue weighted by molar-refractivity contribution is 5.95. The standard InChI is InChI=1S/C13H16N2O6/c1-8(12(16)14(2)3)21-13(17)10-7-9(15(18)19)5-6-11(10)20-4/h5-8H,1-4H3/t8-/m1/s1. The molecule has 21 heavy (non-hydrogen) atoms. The van der Waals surface area contributed by atoms with E-state index in [2.05, 4.69) is 0 Å².